The molecule has 1 N–H and O–H groups in total. The molecule has 0 fully saturated rings. The first kappa shape index (κ1) is 14.1. The van der Waals surface area contributed by atoms with Crippen LogP contribution in [0.15, 0.2) is 21.6 Å². The zero-order chi connectivity index (χ0) is 14.7. The smallest absolute Gasteiger partial charge is 0.373 e. The van der Waals surface area contributed by atoms with E-state index >= 15 is 0 Å². The summed E-state index contributed by atoms with van der Waals surface area (Å²) in [6.07, 6.45) is 0. The first-order valence-corrected chi connectivity index (χ1v) is 6.50. The first-order chi connectivity index (χ1) is 9.51. The number of aromatic nitrogens is 2. The van der Waals surface area contributed by atoms with Crippen molar-refractivity contribution in [2.75, 3.05) is 7.11 Å². The molecule has 9 heteroatoms. The van der Waals surface area contributed by atoms with Gasteiger partial charge in [-0.3, -0.25) is 0 Å². The highest BCUT2D eigenvalue weighted by Gasteiger charge is 2.19. The van der Waals surface area contributed by atoms with Crippen LogP contribution in [0.25, 0.3) is 0 Å². The van der Waals surface area contributed by atoms with Crippen LogP contribution < -0.4 is 0 Å². The number of H-pyrrole nitrogens is 1. The molecular weight excluding hydrogens is 286 g/mol. The van der Waals surface area contributed by atoms with Crippen molar-refractivity contribution in [2.45, 2.75) is 17.7 Å². The molecule has 0 bridgehead atoms. The molecule has 8 nitrogen and oxygen atoms in total. The minimum absolute atomic E-state index is 0.0933. The third-order valence-corrected chi connectivity index (χ3v) is 3.34. The summed E-state index contributed by atoms with van der Waals surface area (Å²) in [6.45, 7) is 1.64. The topological polar surface area (TPSA) is 111 Å². The molecule has 0 aliphatic rings. The molecule has 106 valence electrons. The molecule has 2 heterocycles. The molecule has 2 rings (SSSR count). The second kappa shape index (κ2) is 5.78. The van der Waals surface area contributed by atoms with Crippen molar-refractivity contribution >= 4 is 23.5 Å². The number of furan rings is 1. The number of ether oxygens (including phenoxy) is 1. The molecule has 0 spiro atoms. The number of aromatic amines is 1. The fourth-order valence-electron chi connectivity index (χ4n) is 1.49. The standard InChI is InChI=1S/C11H11N3O5S/c1-6-12-9(14(16)17)10(13-6)20-5-7-3-4-8(19-7)11(15)18-2/h3-4H,5H2,1-2H3,(H,12,13). The Labute approximate surface area is 117 Å². The van der Waals surface area contributed by atoms with Crippen molar-refractivity contribution in [1.29, 1.82) is 0 Å². The molecule has 0 radical (unpaired) electrons. The van der Waals surface area contributed by atoms with E-state index in [2.05, 4.69) is 14.7 Å². The van der Waals surface area contributed by atoms with E-state index in [9.17, 15) is 14.9 Å². The monoisotopic (exact) mass is 297 g/mol. The van der Waals surface area contributed by atoms with Crippen LogP contribution in [0.2, 0.25) is 0 Å². The van der Waals surface area contributed by atoms with Gasteiger partial charge in [0.05, 0.1) is 12.9 Å². The van der Waals surface area contributed by atoms with Gasteiger partial charge in [-0.2, -0.15) is 4.98 Å². The summed E-state index contributed by atoms with van der Waals surface area (Å²) in [4.78, 5) is 28.1. The second-order valence-electron chi connectivity index (χ2n) is 3.78. The van der Waals surface area contributed by atoms with Gasteiger partial charge < -0.3 is 19.3 Å². The molecule has 0 saturated carbocycles. The van der Waals surface area contributed by atoms with Gasteiger partial charge in [0.1, 0.15) is 5.76 Å². The van der Waals surface area contributed by atoms with E-state index in [0.29, 0.717) is 17.3 Å². The van der Waals surface area contributed by atoms with Crippen LogP contribution in [0.3, 0.4) is 0 Å². The van der Waals surface area contributed by atoms with Crippen molar-refractivity contribution in [1.82, 2.24) is 9.97 Å². The van der Waals surface area contributed by atoms with Crippen molar-refractivity contribution in [3.63, 3.8) is 0 Å². The Balaban J connectivity index is 2.07. The van der Waals surface area contributed by atoms with Crippen LogP contribution in [-0.4, -0.2) is 28.0 Å². The number of imidazole rings is 1. The molecule has 0 saturated heterocycles. The fraction of sp³-hybridized carbons (Fsp3) is 0.273. The molecule has 0 aliphatic heterocycles. The van der Waals surface area contributed by atoms with E-state index in [0.717, 1.165) is 11.8 Å². The molecule has 2 aromatic rings. The summed E-state index contributed by atoms with van der Waals surface area (Å²) < 4.78 is 9.78. The van der Waals surface area contributed by atoms with Crippen LogP contribution in [0.1, 0.15) is 22.1 Å². The first-order valence-electron chi connectivity index (χ1n) is 5.52. The predicted octanol–water partition coefficient (Wildman–Crippen LogP) is 2.30. The van der Waals surface area contributed by atoms with E-state index in [-0.39, 0.29) is 16.6 Å². The second-order valence-corrected chi connectivity index (χ2v) is 4.74. The Bertz CT molecular complexity index is 648. The van der Waals surface area contributed by atoms with Gasteiger partial charge in [-0.05, 0) is 17.1 Å². The zero-order valence-electron chi connectivity index (χ0n) is 10.7. The highest BCUT2D eigenvalue weighted by atomic mass is 32.2. The lowest BCUT2D eigenvalue weighted by atomic mass is 10.4. The molecule has 0 aliphatic carbocycles. The summed E-state index contributed by atoms with van der Waals surface area (Å²) in [5, 5.41) is 11.1. The third-order valence-electron chi connectivity index (χ3n) is 2.35. The number of rotatable bonds is 5. The zero-order valence-corrected chi connectivity index (χ0v) is 11.5. The fourth-order valence-corrected chi connectivity index (χ4v) is 2.39. The Hall–Kier alpha value is -2.29. The van der Waals surface area contributed by atoms with Crippen LogP contribution in [0.5, 0.6) is 0 Å². The average molecular weight is 297 g/mol. The Morgan fingerprint density at radius 3 is 3.00 bits per heavy atom. The lowest BCUT2D eigenvalue weighted by Gasteiger charge is -1.96. The van der Waals surface area contributed by atoms with Crippen molar-refractivity contribution in [3.8, 4) is 0 Å². The van der Waals surface area contributed by atoms with Crippen LogP contribution in [0.4, 0.5) is 5.82 Å². The van der Waals surface area contributed by atoms with Gasteiger partial charge in [-0.15, -0.1) is 0 Å². The highest BCUT2D eigenvalue weighted by Crippen LogP contribution is 2.29. The predicted molar refractivity (Wildman–Crippen MR) is 69.6 cm³/mol. The van der Waals surface area contributed by atoms with Gasteiger partial charge in [0, 0.05) is 6.92 Å². The van der Waals surface area contributed by atoms with Gasteiger partial charge in [0.2, 0.25) is 5.76 Å². The van der Waals surface area contributed by atoms with Gasteiger partial charge in [-0.25, -0.2) is 9.78 Å². The lowest BCUT2D eigenvalue weighted by molar-refractivity contribution is -0.392. The summed E-state index contributed by atoms with van der Waals surface area (Å²) >= 11 is 1.15. The number of esters is 1. The molecule has 0 aromatic carbocycles. The summed E-state index contributed by atoms with van der Waals surface area (Å²) in [5.74, 6) is 0.674. The van der Waals surface area contributed by atoms with Crippen molar-refractivity contribution in [2.24, 2.45) is 0 Å². The van der Waals surface area contributed by atoms with E-state index in [1.165, 1.54) is 13.2 Å². The quantitative estimate of drug-likeness (QED) is 0.390. The maximum absolute atomic E-state index is 11.2. The highest BCUT2D eigenvalue weighted by molar-refractivity contribution is 7.98. The Morgan fingerprint density at radius 2 is 2.35 bits per heavy atom. The molecule has 20 heavy (non-hydrogen) atoms. The number of thioether (sulfide) groups is 1. The number of carbonyl (C=O) groups is 1. The number of hydrogen-bond acceptors (Lipinski definition) is 7. The molecule has 0 unspecified atom stereocenters. The number of nitro groups is 1. The molecule has 0 atom stereocenters. The molecule has 0 amide bonds. The van der Waals surface area contributed by atoms with Gasteiger partial charge in [0.25, 0.3) is 0 Å². The Kier molecular flexibility index (Phi) is 4.08. The van der Waals surface area contributed by atoms with Gasteiger partial charge >= 0.3 is 11.8 Å². The number of aryl methyl sites for hydroxylation is 1. The van der Waals surface area contributed by atoms with Gasteiger partial charge in [-0.1, -0.05) is 11.8 Å². The maximum Gasteiger partial charge on any atom is 0.373 e. The number of hydrogen-bond donors (Lipinski definition) is 1. The number of nitrogens with zero attached hydrogens (tertiary/aromatic N) is 2. The van der Waals surface area contributed by atoms with E-state index < -0.39 is 10.9 Å². The normalized spacial score (nSPS) is 10.5. The van der Waals surface area contributed by atoms with Crippen LogP contribution in [-0.2, 0) is 10.5 Å². The molecule has 2 aromatic heterocycles. The minimum atomic E-state index is -0.567. The number of carbonyl (C=O) groups excluding carboxylic acids is 1. The maximum atomic E-state index is 11.2. The van der Waals surface area contributed by atoms with Crippen molar-refractivity contribution in [3.05, 3.63) is 39.6 Å². The SMILES string of the molecule is COC(=O)c1ccc(CSc2nc(C)[nH]c2[N+](=O)[O-])o1. The summed E-state index contributed by atoms with van der Waals surface area (Å²) in [7, 11) is 1.26. The van der Waals surface area contributed by atoms with E-state index in [1.807, 2.05) is 0 Å². The van der Waals surface area contributed by atoms with E-state index in [4.69, 9.17) is 4.42 Å². The Morgan fingerprint density at radius 1 is 1.60 bits per heavy atom. The minimum Gasteiger partial charge on any atom is -0.463 e. The lowest BCUT2D eigenvalue weighted by Crippen LogP contribution is -1.98. The number of nitrogens with one attached hydrogen (secondary N) is 1. The molecular formula is C11H11N3O5S. The number of methoxy groups -OCH3 is 1. The average Bonchev–Trinajstić information content (AvgIpc) is 3.01. The van der Waals surface area contributed by atoms with E-state index in [1.54, 1.807) is 13.0 Å². The summed E-state index contributed by atoms with van der Waals surface area (Å²) in [6, 6.07) is 3.11. The van der Waals surface area contributed by atoms with Crippen molar-refractivity contribution < 1.29 is 18.9 Å². The van der Waals surface area contributed by atoms with Crippen LogP contribution in [0, 0.1) is 17.0 Å². The largest absolute Gasteiger partial charge is 0.463 e. The summed E-state index contributed by atoms with van der Waals surface area (Å²) in [5.41, 5.74) is 0. The van der Waals surface area contributed by atoms with Gasteiger partial charge in [0.15, 0.2) is 10.9 Å². The third kappa shape index (κ3) is 2.99. The van der Waals surface area contributed by atoms with Crippen LogP contribution >= 0.6 is 11.8 Å².